The molecule has 25 heavy (non-hydrogen) atoms. The number of aromatic carboxylic acids is 1. The highest BCUT2D eigenvalue weighted by molar-refractivity contribution is 6.09. The highest BCUT2D eigenvalue weighted by Crippen LogP contribution is 2.37. The van der Waals surface area contributed by atoms with Gasteiger partial charge in [-0.3, -0.25) is 9.79 Å². The fourth-order valence-electron chi connectivity index (χ4n) is 3.59. The molecule has 0 spiro atoms. The van der Waals surface area contributed by atoms with Crippen LogP contribution in [-0.4, -0.2) is 35.3 Å². The molecule has 2 aliphatic rings. The molecule has 0 aliphatic carbocycles. The molecule has 2 aromatic rings. The molecule has 4 rings (SSSR count). The summed E-state index contributed by atoms with van der Waals surface area (Å²) >= 11 is 0. The fourth-order valence-corrected chi connectivity index (χ4v) is 3.59. The van der Waals surface area contributed by atoms with Crippen LogP contribution in [0.15, 0.2) is 47.5 Å². The number of rotatable bonds is 3. The molecule has 2 heterocycles. The number of anilines is 1. The van der Waals surface area contributed by atoms with Gasteiger partial charge in [-0.05, 0) is 29.3 Å². The van der Waals surface area contributed by atoms with Crippen molar-refractivity contribution in [2.75, 3.05) is 11.4 Å². The highest BCUT2D eigenvalue weighted by atomic mass is 16.4. The van der Waals surface area contributed by atoms with Crippen LogP contribution in [0.2, 0.25) is 0 Å². The quantitative estimate of drug-likeness (QED) is 0.896. The van der Waals surface area contributed by atoms with Gasteiger partial charge in [0.1, 0.15) is 0 Å². The number of carbonyl (C=O) groups excluding carboxylic acids is 1. The smallest absolute Gasteiger partial charge is 0.335 e. The lowest BCUT2D eigenvalue weighted by Crippen LogP contribution is -2.45. The zero-order valence-corrected chi connectivity index (χ0v) is 13.5. The molecule has 0 fully saturated rings. The summed E-state index contributed by atoms with van der Waals surface area (Å²) in [5.74, 6) is -1.11. The van der Waals surface area contributed by atoms with E-state index in [0.717, 1.165) is 22.5 Å². The molecule has 2 aliphatic heterocycles. The Morgan fingerprint density at radius 2 is 2.00 bits per heavy atom. The maximum atomic E-state index is 12.4. The monoisotopic (exact) mass is 335 g/mol. The number of para-hydroxylation sites is 1. The minimum Gasteiger partial charge on any atom is -0.478 e. The van der Waals surface area contributed by atoms with Gasteiger partial charge in [0.25, 0.3) is 0 Å². The predicted octanol–water partition coefficient (Wildman–Crippen LogP) is 1.93. The van der Waals surface area contributed by atoms with Gasteiger partial charge in [0.2, 0.25) is 5.91 Å². The van der Waals surface area contributed by atoms with Crippen LogP contribution >= 0.6 is 0 Å². The molecule has 0 saturated heterocycles. The number of carbonyl (C=O) groups is 2. The van der Waals surface area contributed by atoms with Crippen molar-refractivity contribution >= 4 is 29.0 Å². The summed E-state index contributed by atoms with van der Waals surface area (Å²) in [4.78, 5) is 30.0. The second-order valence-corrected chi connectivity index (χ2v) is 6.25. The first kappa shape index (κ1) is 15.5. The number of fused-ring (bicyclic) bond motifs is 2. The van der Waals surface area contributed by atoms with Gasteiger partial charge in [0.05, 0.1) is 23.8 Å². The number of benzene rings is 2. The first-order valence-electron chi connectivity index (χ1n) is 8.12. The van der Waals surface area contributed by atoms with Crippen molar-refractivity contribution in [3.8, 4) is 0 Å². The fraction of sp³-hybridized carbons (Fsp3) is 0.211. The van der Waals surface area contributed by atoms with Crippen LogP contribution in [0.4, 0.5) is 11.4 Å². The number of amides is 1. The van der Waals surface area contributed by atoms with Gasteiger partial charge in [-0.15, -0.1) is 0 Å². The molecule has 0 aromatic heterocycles. The normalized spacial score (nSPS) is 17.9. The Bertz CT molecular complexity index is 920. The molecular formula is C19H17N3O3. The molecule has 6 heteroatoms. The maximum absolute atomic E-state index is 12.4. The van der Waals surface area contributed by atoms with Crippen molar-refractivity contribution in [3.05, 3.63) is 59.2 Å². The van der Waals surface area contributed by atoms with E-state index in [0.29, 0.717) is 18.5 Å². The number of nitrogens with two attached hydrogens (primary N) is 1. The third-order valence-corrected chi connectivity index (χ3v) is 4.77. The Labute approximate surface area is 144 Å². The van der Waals surface area contributed by atoms with Crippen molar-refractivity contribution in [3.63, 3.8) is 0 Å². The number of hydrogen-bond donors (Lipinski definition) is 2. The van der Waals surface area contributed by atoms with Crippen LogP contribution in [0.5, 0.6) is 0 Å². The number of aliphatic imine (C=N–C) groups is 1. The van der Waals surface area contributed by atoms with Crippen LogP contribution < -0.4 is 10.6 Å². The second-order valence-electron chi connectivity index (χ2n) is 6.25. The average Bonchev–Trinajstić information content (AvgIpc) is 3.21. The van der Waals surface area contributed by atoms with Gasteiger partial charge in [0, 0.05) is 24.2 Å². The summed E-state index contributed by atoms with van der Waals surface area (Å²) in [6.45, 7) is -0.0613. The SMILES string of the molecule is NCC(=O)N1c2ccccc2CC1C1=Nc2cc(C(=O)O)ccc2C1. The van der Waals surface area contributed by atoms with Gasteiger partial charge in [-0.25, -0.2) is 4.79 Å². The van der Waals surface area contributed by atoms with Gasteiger partial charge in [0.15, 0.2) is 0 Å². The van der Waals surface area contributed by atoms with E-state index in [1.165, 1.54) is 0 Å². The van der Waals surface area contributed by atoms with Gasteiger partial charge < -0.3 is 15.7 Å². The van der Waals surface area contributed by atoms with E-state index in [2.05, 4.69) is 4.99 Å². The minimum absolute atomic E-state index is 0.0613. The average molecular weight is 335 g/mol. The maximum Gasteiger partial charge on any atom is 0.335 e. The molecule has 126 valence electrons. The molecule has 6 nitrogen and oxygen atoms in total. The Balaban J connectivity index is 1.71. The topological polar surface area (TPSA) is 96.0 Å². The van der Waals surface area contributed by atoms with Gasteiger partial charge >= 0.3 is 5.97 Å². The highest BCUT2D eigenvalue weighted by Gasteiger charge is 2.37. The van der Waals surface area contributed by atoms with Crippen molar-refractivity contribution in [1.29, 1.82) is 0 Å². The second kappa shape index (κ2) is 5.82. The summed E-state index contributed by atoms with van der Waals surface area (Å²) in [6, 6.07) is 12.6. The van der Waals surface area contributed by atoms with Crippen LogP contribution in [0.1, 0.15) is 21.5 Å². The molecule has 0 radical (unpaired) electrons. The zero-order chi connectivity index (χ0) is 17.6. The third kappa shape index (κ3) is 2.51. The van der Waals surface area contributed by atoms with E-state index in [1.807, 2.05) is 24.3 Å². The van der Waals surface area contributed by atoms with E-state index in [9.17, 15) is 9.59 Å². The number of carboxylic acid groups (broad SMARTS) is 1. The Hall–Kier alpha value is -2.99. The largest absolute Gasteiger partial charge is 0.478 e. The molecule has 1 unspecified atom stereocenters. The van der Waals surface area contributed by atoms with Crippen LogP contribution in [0.25, 0.3) is 0 Å². The van der Waals surface area contributed by atoms with E-state index < -0.39 is 5.97 Å². The van der Waals surface area contributed by atoms with Crippen molar-refractivity contribution in [2.45, 2.75) is 18.9 Å². The zero-order valence-electron chi connectivity index (χ0n) is 13.5. The van der Waals surface area contributed by atoms with E-state index >= 15 is 0 Å². The summed E-state index contributed by atoms with van der Waals surface area (Å²) in [5, 5.41) is 9.14. The van der Waals surface area contributed by atoms with Crippen LogP contribution in [0, 0.1) is 0 Å². The molecule has 3 N–H and O–H groups in total. The lowest BCUT2D eigenvalue weighted by atomic mass is 10.0. The minimum atomic E-state index is -0.973. The summed E-state index contributed by atoms with van der Waals surface area (Å²) < 4.78 is 0. The Morgan fingerprint density at radius 1 is 1.20 bits per heavy atom. The van der Waals surface area contributed by atoms with Crippen molar-refractivity contribution in [2.24, 2.45) is 10.7 Å². The summed E-state index contributed by atoms with van der Waals surface area (Å²) in [6.07, 6.45) is 1.31. The Kier molecular flexibility index (Phi) is 3.62. The van der Waals surface area contributed by atoms with Crippen molar-refractivity contribution < 1.29 is 14.7 Å². The summed E-state index contributed by atoms with van der Waals surface area (Å²) in [7, 11) is 0. The summed E-state index contributed by atoms with van der Waals surface area (Å²) in [5.41, 5.74) is 10.3. The number of hydrogen-bond acceptors (Lipinski definition) is 4. The van der Waals surface area contributed by atoms with E-state index in [4.69, 9.17) is 10.8 Å². The molecule has 2 aromatic carbocycles. The van der Waals surface area contributed by atoms with E-state index in [-0.39, 0.29) is 24.1 Å². The van der Waals surface area contributed by atoms with Crippen molar-refractivity contribution in [1.82, 2.24) is 0 Å². The lowest BCUT2D eigenvalue weighted by Gasteiger charge is -2.25. The van der Waals surface area contributed by atoms with E-state index in [1.54, 1.807) is 23.1 Å². The number of carboxylic acids is 1. The first-order valence-corrected chi connectivity index (χ1v) is 8.12. The molecule has 0 bridgehead atoms. The van der Waals surface area contributed by atoms with Gasteiger partial charge in [-0.2, -0.15) is 0 Å². The third-order valence-electron chi connectivity index (χ3n) is 4.77. The van der Waals surface area contributed by atoms with Crippen LogP contribution in [0.3, 0.4) is 0 Å². The standard InChI is InChI=1S/C19H17N3O3/c20-10-18(23)22-16-4-2-1-3-12(16)9-17(22)15-7-11-5-6-13(19(24)25)8-14(11)21-15/h1-6,8,17H,7,9-10,20H2,(H,24,25). The molecule has 1 atom stereocenters. The lowest BCUT2D eigenvalue weighted by molar-refractivity contribution is -0.117. The van der Waals surface area contributed by atoms with Crippen LogP contribution in [-0.2, 0) is 17.6 Å². The van der Waals surface area contributed by atoms with Gasteiger partial charge in [-0.1, -0.05) is 24.3 Å². The molecule has 1 amide bonds. The number of nitrogens with zero attached hydrogens (tertiary/aromatic N) is 2. The molecule has 0 saturated carbocycles. The first-order chi connectivity index (χ1) is 12.1. The molecular weight excluding hydrogens is 318 g/mol. The Morgan fingerprint density at radius 3 is 2.76 bits per heavy atom. The predicted molar refractivity (Wildman–Crippen MR) is 94.7 cm³/mol.